The molecule has 1 amide bonds. The number of carbonyl (C=O) groups excluding carboxylic acids is 2. The predicted octanol–water partition coefficient (Wildman–Crippen LogP) is 1.39. The highest BCUT2D eigenvalue weighted by atomic mass is 16.5. The van der Waals surface area contributed by atoms with Crippen LogP contribution in [0.4, 0.5) is 0 Å². The van der Waals surface area contributed by atoms with Crippen molar-refractivity contribution in [3.8, 4) is 11.5 Å². The van der Waals surface area contributed by atoms with Gasteiger partial charge in [-0.25, -0.2) is 14.3 Å². The normalized spacial score (nSPS) is 10.7. The Labute approximate surface area is 182 Å². The molecule has 0 fully saturated rings. The third-order valence-electron chi connectivity index (χ3n) is 4.73. The van der Waals surface area contributed by atoms with E-state index in [0.717, 1.165) is 5.56 Å². The van der Waals surface area contributed by atoms with Crippen LogP contribution in [0, 0.1) is 0 Å². The first-order chi connectivity index (χ1) is 15.5. The average Bonchev–Trinajstić information content (AvgIpc) is 3.48. The molecule has 0 spiro atoms. The van der Waals surface area contributed by atoms with E-state index in [-0.39, 0.29) is 17.9 Å². The van der Waals surface area contributed by atoms with E-state index in [1.54, 1.807) is 53.6 Å². The molecule has 0 saturated heterocycles. The van der Waals surface area contributed by atoms with Crippen molar-refractivity contribution in [1.29, 1.82) is 0 Å². The number of nitrogens with zero attached hydrogens (tertiary/aromatic N) is 4. The Bertz CT molecular complexity index is 1290. The SMILES string of the molecule is COC(=O)Cc1cc(=O)n(-c2ccc(C(=O)NCc3ccnc(-n4cccn4)c3)cc2)[nH]1. The molecule has 0 radical (unpaired) electrons. The lowest BCUT2D eigenvalue weighted by Crippen LogP contribution is -2.23. The molecule has 162 valence electrons. The Morgan fingerprint density at radius 2 is 1.94 bits per heavy atom. The van der Waals surface area contributed by atoms with E-state index in [2.05, 4.69) is 25.2 Å². The average molecular weight is 432 g/mol. The summed E-state index contributed by atoms with van der Waals surface area (Å²) in [6.45, 7) is 0.324. The highest BCUT2D eigenvalue weighted by molar-refractivity contribution is 5.94. The van der Waals surface area contributed by atoms with Gasteiger partial charge in [-0.3, -0.25) is 19.5 Å². The molecule has 0 bridgehead atoms. The Hall–Kier alpha value is -4.47. The summed E-state index contributed by atoms with van der Waals surface area (Å²) in [6.07, 6.45) is 5.09. The number of benzene rings is 1. The van der Waals surface area contributed by atoms with E-state index in [4.69, 9.17) is 0 Å². The largest absolute Gasteiger partial charge is 0.469 e. The maximum atomic E-state index is 12.5. The summed E-state index contributed by atoms with van der Waals surface area (Å²) >= 11 is 0. The Morgan fingerprint density at radius 3 is 2.66 bits per heavy atom. The van der Waals surface area contributed by atoms with Crippen LogP contribution in [0.1, 0.15) is 21.6 Å². The number of hydrogen-bond donors (Lipinski definition) is 2. The van der Waals surface area contributed by atoms with Crippen LogP contribution in [-0.2, 0) is 22.5 Å². The lowest BCUT2D eigenvalue weighted by atomic mass is 10.2. The van der Waals surface area contributed by atoms with Crippen LogP contribution in [0.25, 0.3) is 11.5 Å². The van der Waals surface area contributed by atoms with Crippen LogP contribution < -0.4 is 10.9 Å². The summed E-state index contributed by atoms with van der Waals surface area (Å²) in [7, 11) is 1.29. The van der Waals surface area contributed by atoms with Crippen molar-refractivity contribution in [2.24, 2.45) is 0 Å². The Balaban J connectivity index is 1.41. The maximum absolute atomic E-state index is 12.5. The molecule has 0 aliphatic carbocycles. The number of ether oxygens (including phenoxy) is 1. The third-order valence-corrected chi connectivity index (χ3v) is 4.73. The van der Waals surface area contributed by atoms with Gasteiger partial charge in [-0.2, -0.15) is 5.10 Å². The molecule has 0 unspecified atom stereocenters. The van der Waals surface area contributed by atoms with Crippen LogP contribution >= 0.6 is 0 Å². The van der Waals surface area contributed by atoms with Crippen LogP contribution in [0.15, 0.2) is 71.9 Å². The van der Waals surface area contributed by atoms with Gasteiger partial charge < -0.3 is 10.1 Å². The number of hydrogen-bond acceptors (Lipinski definition) is 6. The topological polar surface area (TPSA) is 124 Å². The predicted molar refractivity (Wildman–Crippen MR) is 115 cm³/mol. The number of esters is 1. The van der Waals surface area contributed by atoms with Crippen molar-refractivity contribution < 1.29 is 14.3 Å². The molecule has 2 N–H and O–H groups in total. The molecule has 0 aliphatic rings. The van der Waals surface area contributed by atoms with Crippen molar-refractivity contribution in [2.75, 3.05) is 7.11 Å². The lowest BCUT2D eigenvalue weighted by molar-refractivity contribution is -0.139. The molecule has 4 aromatic rings. The van der Waals surface area contributed by atoms with Gasteiger partial charge in [0, 0.05) is 42.5 Å². The molecule has 10 heteroatoms. The fourth-order valence-electron chi connectivity index (χ4n) is 3.10. The zero-order valence-corrected chi connectivity index (χ0v) is 17.2. The number of rotatable bonds is 7. The second-order valence-electron chi connectivity index (χ2n) is 6.91. The second-order valence-corrected chi connectivity index (χ2v) is 6.91. The van der Waals surface area contributed by atoms with Gasteiger partial charge in [-0.05, 0) is 48.0 Å². The van der Waals surface area contributed by atoms with E-state index in [0.29, 0.717) is 29.3 Å². The van der Waals surface area contributed by atoms with Crippen LogP contribution in [0.5, 0.6) is 0 Å². The number of methoxy groups -OCH3 is 1. The number of amides is 1. The van der Waals surface area contributed by atoms with Gasteiger partial charge in [-0.15, -0.1) is 0 Å². The van der Waals surface area contributed by atoms with Gasteiger partial charge in [0.15, 0.2) is 5.82 Å². The first-order valence-corrected chi connectivity index (χ1v) is 9.75. The fraction of sp³-hybridized carbons (Fsp3) is 0.136. The standard InChI is InChI=1S/C22H20N6O4/c1-32-21(30)13-17-12-20(29)28(26-17)18-5-3-16(4-6-18)22(31)24-14-15-7-9-23-19(11-15)27-10-2-8-25-27/h2-12,26H,13-14H2,1H3,(H,24,31). The van der Waals surface area contributed by atoms with Crippen LogP contribution in [-0.4, -0.2) is 43.5 Å². The van der Waals surface area contributed by atoms with Gasteiger partial charge in [-0.1, -0.05) is 0 Å². The summed E-state index contributed by atoms with van der Waals surface area (Å²) in [5.74, 6) is -0.0374. The van der Waals surface area contributed by atoms with Gasteiger partial charge in [0.25, 0.3) is 11.5 Å². The quantitative estimate of drug-likeness (QED) is 0.426. The molecule has 4 rings (SSSR count). The smallest absolute Gasteiger partial charge is 0.311 e. The van der Waals surface area contributed by atoms with Gasteiger partial charge in [0.1, 0.15) is 0 Å². The number of aromatic nitrogens is 5. The summed E-state index contributed by atoms with van der Waals surface area (Å²) in [5.41, 5.74) is 2.00. The highest BCUT2D eigenvalue weighted by Gasteiger charge is 2.11. The van der Waals surface area contributed by atoms with Crippen molar-refractivity contribution in [3.63, 3.8) is 0 Å². The van der Waals surface area contributed by atoms with Gasteiger partial charge >= 0.3 is 5.97 Å². The summed E-state index contributed by atoms with van der Waals surface area (Å²) < 4.78 is 7.55. The molecular formula is C22H20N6O4. The first kappa shape index (κ1) is 20.8. The minimum absolute atomic E-state index is 0.0314. The van der Waals surface area contributed by atoms with E-state index in [1.165, 1.54) is 17.9 Å². The molecule has 3 aromatic heterocycles. The van der Waals surface area contributed by atoms with Gasteiger partial charge in [0.05, 0.1) is 19.2 Å². The van der Waals surface area contributed by atoms with E-state index in [1.807, 2.05) is 12.1 Å². The van der Waals surface area contributed by atoms with Gasteiger partial charge in [0.2, 0.25) is 0 Å². The summed E-state index contributed by atoms with van der Waals surface area (Å²) in [6, 6.07) is 13.4. The first-order valence-electron chi connectivity index (χ1n) is 9.75. The summed E-state index contributed by atoms with van der Waals surface area (Å²) in [5, 5.41) is 9.88. The van der Waals surface area contributed by atoms with Crippen LogP contribution in [0.3, 0.4) is 0 Å². The molecule has 0 atom stereocenters. The minimum Gasteiger partial charge on any atom is -0.469 e. The molecule has 0 saturated carbocycles. The molecule has 3 heterocycles. The summed E-state index contributed by atoms with van der Waals surface area (Å²) in [4.78, 5) is 40.4. The number of pyridine rings is 1. The Morgan fingerprint density at radius 1 is 1.12 bits per heavy atom. The van der Waals surface area contributed by atoms with Crippen LogP contribution in [0.2, 0.25) is 0 Å². The fourth-order valence-corrected chi connectivity index (χ4v) is 3.10. The van der Waals surface area contributed by atoms with Crippen molar-refractivity contribution in [1.82, 2.24) is 29.9 Å². The molecule has 0 aliphatic heterocycles. The number of nitrogens with one attached hydrogen (secondary N) is 2. The molecule has 10 nitrogen and oxygen atoms in total. The number of aromatic amines is 1. The molecular weight excluding hydrogens is 412 g/mol. The molecule has 1 aromatic carbocycles. The lowest BCUT2D eigenvalue weighted by Gasteiger charge is -2.08. The van der Waals surface area contributed by atoms with E-state index in [9.17, 15) is 14.4 Å². The maximum Gasteiger partial charge on any atom is 0.311 e. The Kier molecular flexibility index (Phi) is 5.93. The zero-order valence-electron chi connectivity index (χ0n) is 17.2. The zero-order chi connectivity index (χ0) is 22.5. The van der Waals surface area contributed by atoms with Crippen molar-refractivity contribution in [3.05, 3.63) is 94.3 Å². The van der Waals surface area contributed by atoms with Crippen molar-refractivity contribution in [2.45, 2.75) is 13.0 Å². The van der Waals surface area contributed by atoms with E-state index >= 15 is 0 Å². The number of H-pyrrole nitrogens is 1. The monoisotopic (exact) mass is 432 g/mol. The highest BCUT2D eigenvalue weighted by Crippen LogP contribution is 2.10. The van der Waals surface area contributed by atoms with Crippen molar-refractivity contribution >= 4 is 11.9 Å². The molecule has 32 heavy (non-hydrogen) atoms. The second kappa shape index (κ2) is 9.13. The third kappa shape index (κ3) is 4.64. The van der Waals surface area contributed by atoms with E-state index < -0.39 is 5.97 Å². The minimum atomic E-state index is -0.448. The number of carbonyl (C=O) groups is 2.